The first kappa shape index (κ1) is 13.7. The summed E-state index contributed by atoms with van der Waals surface area (Å²) in [6, 6.07) is 7.50. The summed E-state index contributed by atoms with van der Waals surface area (Å²) >= 11 is 0. The number of aryl methyl sites for hydroxylation is 1. The lowest BCUT2D eigenvalue weighted by Crippen LogP contribution is -2.12. The van der Waals surface area contributed by atoms with E-state index in [1.54, 1.807) is 0 Å². The van der Waals surface area contributed by atoms with Crippen LogP contribution < -0.4 is 0 Å². The molecule has 19 heavy (non-hydrogen) atoms. The summed E-state index contributed by atoms with van der Waals surface area (Å²) in [5, 5.41) is 12.4. The van der Waals surface area contributed by atoms with Crippen LogP contribution in [-0.2, 0) is 15.6 Å². The Morgan fingerprint density at radius 3 is 2.58 bits per heavy atom. The van der Waals surface area contributed by atoms with Crippen molar-refractivity contribution in [2.45, 2.75) is 12.7 Å². The molecule has 0 fully saturated rings. The van der Waals surface area contributed by atoms with Gasteiger partial charge < -0.3 is 9.63 Å². The van der Waals surface area contributed by atoms with E-state index in [4.69, 9.17) is 9.63 Å². The summed E-state index contributed by atoms with van der Waals surface area (Å²) in [6.45, 7) is 1.55. The van der Waals surface area contributed by atoms with Crippen LogP contribution in [0.4, 0.5) is 0 Å². The minimum absolute atomic E-state index is 0.0315. The van der Waals surface area contributed by atoms with Crippen LogP contribution in [0.15, 0.2) is 28.8 Å². The highest BCUT2D eigenvalue weighted by Crippen LogP contribution is 2.17. The second-order valence-corrected chi connectivity index (χ2v) is 6.38. The normalized spacial score (nSPS) is 11.7. The summed E-state index contributed by atoms with van der Waals surface area (Å²) in [5.41, 5.74) is 1.87. The highest BCUT2D eigenvalue weighted by molar-refractivity contribution is 7.90. The maximum Gasteiger partial charge on any atom is 0.242 e. The van der Waals surface area contributed by atoms with E-state index >= 15 is 0 Å². The number of sulfone groups is 1. The van der Waals surface area contributed by atoms with Crippen molar-refractivity contribution in [3.8, 4) is 11.4 Å². The van der Waals surface area contributed by atoms with Crippen LogP contribution in [-0.4, -0.2) is 36.0 Å². The Morgan fingerprint density at radius 1 is 1.26 bits per heavy atom. The van der Waals surface area contributed by atoms with Crippen molar-refractivity contribution in [1.29, 1.82) is 0 Å². The molecule has 1 heterocycles. The van der Waals surface area contributed by atoms with Crippen LogP contribution in [0.25, 0.3) is 11.4 Å². The van der Waals surface area contributed by atoms with Gasteiger partial charge in [0.25, 0.3) is 0 Å². The minimum atomic E-state index is -3.41. The largest absolute Gasteiger partial charge is 0.395 e. The van der Waals surface area contributed by atoms with Gasteiger partial charge in [-0.05, 0) is 6.92 Å². The number of rotatable bonds is 5. The monoisotopic (exact) mass is 282 g/mol. The average Bonchev–Trinajstić information content (AvgIpc) is 2.77. The Kier molecular flexibility index (Phi) is 3.96. The summed E-state index contributed by atoms with van der Waals surface area (Å²) < 4.78 is 27.9. The summed E-state index contributed by atoms with van der Waals surface area (Å²) in [4.78, 5) is 4.04. The minimum Gasteiger partial charge on any atom is -0.395 e. The van der Waals surface area contributed by atoms with Gasteiger partial charge in [0.1, 0.15) is 5.75 Å². The third-order valence-corrected chi connectivity index (χ3v) is 4.01. The van der Waals surface area contributed by atoms with Crippen molar-refractivity contribution in [3.05, 3.63) is 35.7 Å². The molecule has 7 heteroatoms. The Labute approximate surface area is 111 Å². The van der Waals surface area contributed by atoms with Crippen LogP contribution in [0.5, 0.6) is 0 Å². The predicted molar refractivity (Wildman–Crippen MR) is 69.0 cm³/mol. The second kappa shape index (κ2) is 5.50. The van der Waals surface area contributed by atoms with Crippen LogP contribution in [0.3, 0.4) is 0 Å². The summed E-state index contributed by atoms with van der Waals surface area (Å²) in [6.07, 6.45) is 0. The maximum absolute atomic E-state index is 11.5. The standard InChI is InChI=1S/C12H14N2O4S/c1-9-2-4-10(5-3-9)12-13-11(18-14-12)8-19(16,17)7-6-15/h2-5,15H,6-8H2,1H3. The molecule has 0 aliphatic heterocycles. The van der Waals surface area contributed by atoms with Gasteiger partial charge in [0, 0.05) is 5.56 Å². The molecule has 0 radical (unpaired) electrons. The van der Waals surface area contributed by atoms with E-state index in [9.17, 15) is 8.42 Å². The highest BCUT2D eigenvalue weighted by atomic mass is 32.2. The molecule has 0 saturated heterocycles. The predicted octanol–water partition coefficient (Wildman–Crippen LogP) is 0.952. The fraction of sp³-hybridized carbons (Fsp3) is 0.333. The van der Waals surface area contributed by atoms with Crippen molar-refractivity contribution in [3.63, 3.8) is 0 Å². The van der Waals surface area contributed by atoms with Gasteiger partial charge in [-0.2, -0.15) is 4.98 Å². The quantitative estimate of drug-likeness (QED) is 0.877. The Balaban J connectivity index is 2.18. The number of hydrogen-bond donors (Lipinski definition) is 1. The second-order valence-electron chi connectivity index (χ2n) is 4.19. The molecule has 102 valence electrons. The topological polar surface area (TPSA) is 93.3 Å². The van der Waals surface area contributed by atoms with Gasteiger partial charge in [-0.1, -0.05) is 35.0 Å². The lowest BCUT2D eigenvalue weighted by atomic mass is 10.1. The molecule has 2 aromatic rings. The average molecular weight is 282 g/mol. The van der Waals surface area contributed by atoms with Crippen molar-refractivity contribution in [2.24, 2.45) is 0 Å². The Hall–Kier alpha value is -1.73. The number of aromatic nitrogens is 2. The number of aliphatic hydroxyl groups excluding tert-OH is 1. The van der Waals surface area contributed by atoms with Gasteiger partial charge in [0.2, 0.25) is 11.7 Å². The van der Waals surface area contributed by atoms with E-state index in [0.29, 0.717) is 5.82 Å². The van der Waals surface area contributed by atoms with Crippen molar-refractivity contribution in [2.75, 3.05) is 12.4 Å². The van der Waals surface area contributed by atoms with E-state index in [1.165, 1.54) is 0 Å². The fourth-order valence-corrected chi connectivity index (χ4v) is 2.45. The van der Waals surface area contributed by atoms with Gasteiger partial charge in [-0.25, -0.2) is 8.42 Å². The third-order valence-electron chi connectivity index (χ3n) is 2.52. The van der Waals surface area contributed by atoms with Crippen LogP contribution in [0.2, 0.25) is 0 Å². The van der Waals surface area contributed by atoms with Gasteiger partial charge >= 0.3 is 0 Å². The lowest BCUT2D eigenvalue weighted by Gasteiger charge is -1.96. The molecule has 0 unspecified atom stereocenters. The SMILES string of the molecule is Cc1ccc(-c2noc(CS(=O)(=O)CCO)n2)cc1. The van der Waals surface area contributed by atoms with E-state index in [1.807, 2.05) is 31.2 Å². The molecule has 6 nitrogen and oxygen atoms in total. The van der Waals surface area contributed by atoms with Gasteiger partial charge in [-0.15, -0.1) is 0 Å². The first-order chi connectivity index (χ1) is 9.00. The van der Waals surface area contributed by atoms with Gasteiger partial charge in [0.05, 0.1) is 12.4 Å². The molecular formula is C12H14N2O4S. The molecule has 0 bridgehead atoms. The molecule has 0 saturated carbocycles. The molecule has 0 aliphatic carbocycles. The number of nitrogens with zero attached hydrogens (tertiary/aromatic N) is 2. The molecule has 0 spiro atoms. The zero-order valence-electron chi connectivity index (χ0n) is 10.4. The number of aliphatic hydroxyl groups is 1. The van der Waals surface area contributed by atoms with Crippen molar-refractivity contribution >= 4 is 9.84 Å². The van der Waals surface area contributed by atoms with Crippen LogP contribution in [0.1, 0.15) is 11.5 Å². The van der Waals surface area contributed by atoms with E-state index in [2.05, 4.69) is 10.1 Å². The molecule has 1 aromatic carbocycles. The number of hydrogen-bond acceptors (Lipinski definition) is 6. The number of benzene rings is 1. The fourth-order valence-electron chi connectivity index (χ4n) is 1.53. The molecule has 2 rings (SSSR count). The highest BCUT2D eigenvalue weighted by Gasteiger charge is 2.17. The molecule has 0 atom stereocenters. The summed E-state index contributed by atoms with van der Waals surface area (Å²) in [7, 11) is -3.41. The van der Waals surface area contributed by atoms with E-state index in [0.717, 1.165) is 11.1 Å². The smallest absolute Gasteiger partial charge is 0.242 e. The van der Waals surface area contributed by atoms with E-state index < -0.39 is 16.4 Å². The lowest BCUT2D eigenvalue weighted by molar-refractivity contribution is 0.319. The Bertz CT molecular complexity index is 647. The van der Waals surface area contributed by atoms with Gasteiger partial charge in [-0.3, -0.25) is 0 Å². The Morgan fingerprint density at radius 2 is 1.95 bits per heavy atom. The van der Waals surface area contributed by atoms with Gasteiger partial charge in [0.15, 0.2) is 9.84 Å². The maximum atomic E-state index is 11.5. The first-order valence-electron chi connectivity index (χ1n) is 5.71. The first-order valence-corrected chi connectivity index (χ1v) is 7.53. The molecule has 1 aromatic heterocycles. The zero-order valence-corrected chi connectivity index (χ0v) is 11.2. The molecular weight excluding hydrogens is 268 g/mol. The molecule has 0 aliphatic rings. The molecule has 1 N–H and O–H groups in total. The third kappa shape index (κ3) is 3.62. The van der Waals surface area contributed by atoms with Crippen LogP contribution in [0, 0.1) is 6.92 Å². The molecule has 0 amide bonds. The van der Waals surface area contributed by atoms with Crippen LogP contribution >= 0.6 is 0 Å². The summed E-state index contributed by atoms with van der Waals surface area (Å²) in [5.74, 6) is -0.278. The zero-order chi connectivity index (χ0) is 13.9. The van der Waals surface area contributed by atoms with Crippen molar-refractivity contribution in [1.82, 2.24) is 10.1 Å². The van der Waals surface area contributed by atoms with E-state index in [-0.39, 0.29) is 17.4 Å². The van der Waals surface area contributed by atoms with Crippen molar-refractivity contribution < 1.29 is 18.0 Å².